The van der Waals surface area contributed by atoms with Crippen LogP contribution in [0.5, 0.6) is 0 Å². The molecule has 1 N–H and O–H groups in total. The normalized spacial score (nSPS) is 17.1. The van der Waals surface area contributed by atoms with Gasteiger partial charge in [0.1, 0.15) is 5.70 Å². The maximum atomic E-state index is 12.9. The average molecular weight is 394 g/mol. The topological polar surface area (TPSA) is 86.1 Å². The third kappa shape index (κ3) is 3.87. The Balaban J connectivity index is 1.40. The number of hydrogen-bond acceptors (Lipinski definition) is 5. The summed E-state index contributed by atoms with van der Waals surface area (Å²) in [4.78, 5) is 41.0. The molecule has 0 radical (unpaired) electrons. The fraction of sp³-hybridized carbons (Fsp3) is 0.286. The largest absolute Gasteiger partial charge is 0.459 e. The van der Waals surface area contributed by atoms with Crippen LogP contribution in [-0.4, -0.2) is 53.7 Å². The molecule has 8 heteroatoms. The first-order chi connectivity index (χ1) is 14.0. The summed E-state index contributed by atoms with van der Waals surface area (Å²) in [6, 6.07) is 10.8. The minimum Gasteiger partial charge on any atom is -0.459 e. The maximum Gasteiger partial charge on any atom is 0.289 e. The molecule has 1 fully saturated rings. The van der Waals surface area contributed by atoms with Crippen LogP contribution in [0.4, 0.5) is 5.69 Å². The van der Waals surface area contributed by atoms with E-state index in [-0.39, 0.29) is 24.1 Å². The standard InChI is InChI=1S/C21H22N4O4/c1-15-4-2-5-16(14-15)25-19(26)8-7-17(22-25)20(27)23-9-11-24(12-10-23)21(28)18-6-3-13-29-18/h2-7,13-14,22H,8-12H2,1H3. The predicted octanol–water partition coefficient (Wildman–Crippen LogP) is 1.70. The number of nitrogens with one attached hydrogen (secondary N) is 1. The van der Waals surface area contributed by atoms with E-state index in [1.807, 2.05) is 31.2 Å². The molecular formula is C21H22N4O4. The van der Waals surface area contributed by atoms with Crippen molar-refractivity contribution in [2.75, 3.05) is 31.2 Å². The Hall–Kier alpha value is -3.55. The molecule has 2 aromatic rings. The zero-order valence-electron chi connectivity index (χ0n) is 16.1. The van der Waals surface area contributed by atoms with Crippen molar-refractivity contribution in [1.29, 1.82) is 0 Å². The smallest absolute Gasteiger partial charge is 0.289 e. The van der Waals surface area contributed by atoms with E-state index < -0.39 is 0 Å². The molecule has 1 aromatic heterocycles. The molecule has 1 saturated heterocycles. The number of carbonyl (C=O) groups is 3. The van der Waals surface area contributed by atoms with Gasteiger partial charge in [-0.2, -0.15) is 0 Å². The number of anilines is 1. The van der Waals surface area contributed by atoms with Crippen molar-refractivity contribution >= 4 is 23.4 Å². The van der Waals surface area contributed by atoms with E-state index in [4.69, 9.17) is 4.42 Å². The number of amides is 3. The summed E-state index contributed by atoms with van der Waals surface area (Å²) in [5.41, 5.74) is 5.05. The quantitative estimate of drug-likeness (QED) is 0.856. The van der Waals surface area contributed by atoms with Crippen LogP contribution in [0.25, 0.3) is 0 Å². The fourth-order valence-electron chi connectivity index (χ4n) is 3.46. The number of benzene rings is 1. The summed E-state index contributed by atoms with van der Waals surface area (Å²) in [5.74, 6) is -0.177. The third-order valence-electron chi connectivity index (χ3n) is 5.04. The lowest BCUT2D eigenvalue weighted by Crippen LogP contribution is -2.54. The van der Waals surface area contributed by atoms with Crippen LogP contribution in [0.2, 0.25) is 0 Å². The number of piperazine rings is 1. The molecule has 2 aliphatic rings. The number of rotatable bonds is 3. The molecule has 0 atom stereocenters. The van der Waals surface area contributed by atoms with Gasteiger partial charge < -0.3 is 14.2 Å². The molecule has 8 nitrogen and oxygen atoms in total. The molecule has 0 aliphatic carbocycles. The first kappa shape index (κ1) is 18.8. The van der Waals surface area contributed by atoms with Crippen LogP contribution < -0.4 is 10.4 Å². The Bertz CT molecular complexity index is 959. The second-order valence-corrected chi connectivity index (χ2v) is 7.06. The van der Waals surface area contributed by atoms with Crippen molar-refractivity contribution < 1.29 is 18.8 Å². The van der Waals surface area contributed by atoms with E-state index in [2.05, 4.69) is 5.43 Å². The van der Waals surface area contributed by atoms with Gasteiger partial charge in [0.2, 0.25) is 5.91 Å². The monoisotopic (exact) mass is 394 g/mol. The first-order valence-corrected chi connectivity index (χ1v) is 9.51. The number of hydrazine groups is 1. The predicted molar refractivity (Wildman–Crippen MR) is 106 cm³/mol. The van der Waals surface area contributed by atoms with Gasteiger partial charge in [0.15, 0.2) is 5.76 Å². The van der Waals surface area contributed by atoms with Crippen LogP contribution in [0, 0.1) is 6.92 Å². The highest BCUT2D eigenvalue weighted by molar-refractivity contribution is 6.01. The lowest BCUT2D eigenvalue weighted by molar-refractivity contribution is -0.129. The molecule has 0 unspecified atom stereocenters. The lowest BCUT2D eigenvalue weighted by Gasteiger charge is -2.36. The van der Waals surface area contributed by atoms with Crippen molar-refractivity contribution in [3.63, 3.8) is 0 Å². The molecule has 4 rings (SSSR count). The van der Waals surface area contributed by atoms with Gasteiger partial charge in [0.25, 0.3) is 11.8 Å². The number of hydrogen-bond donors (Lipinski definition) is 1. The van der Waals surface area contributed by atoms with E-state index in [0.29, 0.717) is 43.3 Å². The van der Waals surface area contributed by atoms with Gasteiger partial charge in [0, 0.05) is 32.6 Å². The molecule has 3 heterocycles. The van der Waals surface area contributed by atoms with Crippen molar-refractivity contribution in [2.24, 2.45) is 0 Å². The highest BCUT2D eigenvalue weighted by atomic mass is 16.3. The zero-order valence-corrected chi connectivity index (χ0v) is 16.1. The molecule has 0 saturated carbocycles. The summed E-state index contributed by atoms with van der Waals surface area (Å²) < 4.78 is 5.16. The summed E-state index contributed by atoms with van der Waals surface area (Å²) in [5, 5.41) is 1.41. The number of furan rings is 1. The summed E-state index contributed by atoms with van der Waals surface area (Å²) in [6.07, 6.45) is 3.24. The first-order valence-electron chi connectivity index (χ1n) is 9.51. The SMILES string of the molecule is Cc1cccc(N2NC(C(=O)N3CCN(C(=O)c4ccco4)CC3)=CCC2=O)c1. The summed E-state index contributed by atoms with van der Waals surface area (Å²) in [7, 11) is 0. The lowest BCUT2D eigenvalue weighted by atomic mass is 10.2. The highest BCUT2D eigenvalue weighted by Gasteiger charge is 2.30. The Kier molecular flexibility index (Phi) is 5.07. The van der Waals surface area contributed by atoms with E-state index >= 15 is 0 Å². The van der Waals surface area contributed by atoms with E-state index in [0.717, 1.165) is 5.56 Å². The average Bonchev–Trinajstić information content (AvgIpc) is 3.28. The minimum absolute atomic E-state index is 0.124. The molecule has 29 heavy (non-hydrogen) atoms. The van der Waals surface area contributed by atoms with Gasteiger partial charge in [-0.3, -0.25) is 19.8 Å². The molecular weight excluding hydrogens is 372 g/mol. The molecule has 150 valence electrons. The summed E-state index contributed by atoms with van der Waals surface area (Å²) >= 11 is 0. The molecule has 1 aromatic carbocycles. The van der Waals surface area contributed by atoms with E-state index in [1.54, 1.807) is 28.0 Å². The van der Waals surface area contributed by atoms with Gasteiger partial charge in [-0.15, -0.1) is 0 Å². The number of carbonyl (C=O) groups excluding carboxylic acids is 3. The minimum atomic E-state index is -0.180. The van der Waals surface area contributed by atoms with Gasteiger partial charge >= 0.3 is 0 Å². The third-order valence-corrected chi connectivity index (χ3v) is 5.04. The Morgan fingerprint density at radius 3 is 2.38 bits per heavy atom. The highest BCUT2D eigenvalue weighted by Crippen LogP contribution is 2.20. The van der Waals surface area contributed by atoms with Crippen LogP contribution in [0.3, 0.4) is 0 Å². The van der Waals surface area contributed by atoms with Crippen molar-refractivity contribution in [3.8, 4) is 0 Å². The molecule has 0 spiro atoms. The molecule has 3 amide bonds. The van der Waals surface area contributed by atoms with Gasteiger partial charge in [-0.1, -0.05) is 12.1 Å². The summed E-state index contributed by atoms with van der Waals surface area (Å²) in [6.45, 7) is 3.65. The number of nitrogens with zero attached hydrogens (tertiary/aromatic N) is 3. The van der Waals surface area contributed by atoms with Gasteiger partial charge in [-0.05, 0) is 42.8 Å². The van der Waals surface area contributed by atoms with Crippen molar-refractivity contribution in [2.45, 2.75) is 13.3 Å². The van der Waals surface area contributed by atoms with Gasteiger partial charge in [-0.25, -0.2) is 5.01 Å². The number of aryl methyl sites for hydroxylation is 1. The Morgan fingerprint density at radius 1 is 1.00 bits per heavy atom. The van der Waals surface area contributed by atoms with Crippen molar-refractivity contribution in [3.05, 3.63) is 65.8 Å². The van der Waals surface area contributed by atoms with Gasteiger partial charge in [0.05, 0.1) is 12.0 Å². The fourth-order valence-corrected chi connectivity index (χ4v) is 3.46. The van der Waals surface area contributed by atoms with Crippen LogP contribution in [0.15, 0.2) is 58.9 Å². The van der Waals surface area contributed by atoms with Crippen LogP contribution >= 0.6 is 0 Å². The molecule has 0 bridgehead atoms. The van der Waals surface area contributed by atoms with E-state index in [1.165, 1.54) is 11.3 Å². The second kappa shape index (κ2) is 7.83. The Labute approximate surface area is 168 Å². The maximum absolute atomic E-state index is 12.9. The second-order valence-electron chi connectivity index (χ2n) is 7.06. The van der Waals surface area contributed by atoms with Crippen LogP contribution in [-0.2, 0) is 9.59 Å². The molecule has 2 aliphatic heterocycles. The zero-order chi connectivity index (χ0) is 20.4. The van der Waals surface area contributed by atoms with E-state index in [9.17, 15) is 14.4 Å². The van der Waals surface area contributed by atoms with Crippen LogP contribution in [0.1, 0.15) is 22.5 Å². The Morgan fingerprint density at radius 2 is 1.72 bits per heavy atom. The van der Waals surface area contributed by atoms with Crippen molar-refractivity contribution in [1.82, 2.24) is 15.2 Å².